The molecule has 0 amide bonds. The van der Waals surface area contributed by atoms with E-state index in [1.165, 1.54) is 12.1 Å². The molecule has 0 radical (unpaired) electrons. The zero-order chi connectivity index (χ0) is 18.1. The van der Waals surface area contributed by atoms with Crippen molar-refractivity contribution in [1.29, 1.82) is 0 Å². The van der Waals surface area contributed by atoms with Gasteiger partial charge in [-0.25, -0.2) is 18.9 Å². The number of benzene rings is 1. The van der Waals surface area contributed by atoms with Crippen LogP contribution in [0.1, 0.15) is 11.3 Å². The Balaban J connectivity index is 1.75. The molecule has 0 atom stereocenters. The third-order valence-corrected chi connectivity index (χ3v) is 4.02. The average Bonchev–Trinajstić information content (AvgIpc) is 2.84. The number of aromatic nitrogens is 3. The number of halogens is 2. The van der Waals surface area contributed by atoms with Crippen molar-refractivity contribution >= 4 is 32.9 Å². The van der Waals surface area contributed by atoms with Gasteiger partial charge in [0, 0.05) is 17.2 Å². The van der Waals surface area contributed by atoms with Gasteiger partial charge < -0.3 is 9.47 Å². The van der Waals surface area contributed by atoms with Crippen LogP contribution in [0.4, 0.5) is 4.39 Å². The van der Waals surface area contributed by atoms with Crippen LogP contribution in [0.2, 0.25) is 0 Å². The van der Waals surface area contributed by atoms with Gasteiger partial charge in [0.1, 0.15) is 0 Å². The number of rotatable bonds is 4. The largest absolute Gasteiger partial charge is 0.464 e. The molecule has 0 aliphatic rings. The van der Waals surface area contributed by atoms with Gasteiger partial charge in [-0.1, -0.05) is 15.9 Å². The van der Waals surface area contributed by atoms with Crippen molar-refractivity contribution in [3.05, 3.63) is 45.8 Å². The zero-order valence-electron chi connectivity index (χ0n) is 13.8. The highest BCUT2D eigenvalue weighted by atomic mass is 79.9. The normalized spacial score (nSPS) is 10.9. The molecule has 0 aliphatic heterocycles. The van der Waals surface area contributed by atoms with Gasteiger partial charge in [0.05, 0.1) is 5.39 Å². The van der Waals surface area contributed by atoms with Gasteiger partial charge in [0.2, 0.25) is 5.88 Å². The van der Waals surface area contributed by atoms with E-state index >= 15 is 0 Å². The van der Waals surface area contributed by atoms with Crippen LogP contribution in [-0.4, -0.2) is 27.3 Å². The van der Waals surface area contributed by atoms with E-state index in [2.05, 4.69) is 26.0 Å². The Hall–Kier alpha value is -2.48. The molecule has 2 heterocycles. The zero-order valence-corrected chi connectivity index (χ0v) is 15.4. The third-order valence-electron chi connectivity index (χ3n) is 3.53. The molecule has 0 bridgehead atoms. The summed E-state index contributed by atoms with van der Waals surface area (Å²) >= 11 is 3.14. The summed E-state index contributed by atoms with van der Waals surface area (Å²) in [7, 11) is 1.75. The standard InChI is InChI=1S/C17H15BrFN3O3/c1-9-6-10(2)20-16-15(9)17(21-22(16)3)24-8-14(23)25-13-5-4-11(18)7-12(13)19/h4-7H,8H2,1-3H3. The summed E-state index contributed by atoms with van der Waals surface area (Å²) in [6.45, 7) is 3.42. The number of aryl methyl sites for hydroxylation is 3. The fourth-order valence-corrected chi connectivity index (χ4v) is 2.82. The molecule has 0 N–H and O–H groups in total. The summed E-state index contributed by atoms with van der Waals surface area (Å²) in [4.78, 5) is 16.4. The summed E-state index contributed by atoms with van der Waals surface area (Å²) in [5.41, 5.74) is 2.47. The smallest absolute Gasteiger partial charge is 0.349 e. The van der Waals surface area contributed by atoms with Crippen molar-refractivity contribution in [2.75, 3.05) is 6.61 Å². The molecule has 0 unspecified atom stereocenters. The number of nitrogens with zero attached hydrogens (tertiary/aromatic N) is 3. The van der Waals surface area contributed by atoms with Crippen molar-refractivity contribution < 1.29 is 18.7 Å². The molecule has 0 saturated carbocycles. The summed E-state index contributed by atoms with van der Waals surface area (Å²) in [5.74, 6) is -1.23. The number of carbonyl (C=O) groups is 1. The molecule has 3 rings (SSSR count). The van der Waals surface area contributed by atoms with Gasteiger partial charge in [-0.3, -0.25) is 0 Å². The second-order valence-corrected chi connectivity index (χ2v) is 6.46. The number of ether oxygens (including phenoxy) is 2. The van der Waals surface area contributed by atoms with Crippen LogP contribution >= 0.6 is 15.9 Å². The van der Waals surface area contributed by atoms with Crippen LogP contribution in [0.3, 0.4) is 0 Å². The van der Waals surface area contributed by atoms with Crippen LogP contribution in [0.15, 0.2) is 28.7 Å². The summed E-state index contributed by atoms with van der Waals surface area (Å²) in [6, 6.07) is 6.07. The minimum Gasteiger partial charge on any atom is -0.464 e. The first-order valence-electron chi connectivity index (χ1n) is 7.44. The minimum absolute atomic E-state index is 0.156. The Bertz CT molecular complexity index is 971. The highest BCUT2D eigenvalue weighted by molar-refractivity contribution is 9.10. The lowest BCUT2D eigenvalue weighted by atomic mass is 10.2. The summed E-state index contributed by atoms with van der Waals surface area (Å²) < 4.78 is 26.3. The Morgan fingerprint density at radius 3 is 2.80 bits per heavy atom. The van der Waals surface area contributed by atoms with E-state index in [4.69, 9.17) is 9.47 Å². The van der Waals surface area contributed by atoms with E-state index in [0.29, 0.717) is 10.1 Å². The molecule has 1 aromatic carbocycles. The number of fused-ring (bicyclic) bond motifs is 1. The molecule has 2 aromatic heterocycles. The van der Waals surface area contributed by atoms with E-state index in [1.807, 2.05) is 19.9 Å². The summed E-state index contributed by atoms with van der Waals surface area (Å²) in [6.07, 6.45) is 0. The van der Waals surface area contributed by atoms with Crippen molar-refractivity contribution in [3.8, 4) is 11.6 Å². The van der Waals surface area contributed by atoms with E-state index < -0.39 is 18.4 Å². The Kier molecular flexibility index (Phi) is 4.71. The van der Waals surface area contributed by atoms with Crippen LogP contribution in [-0.2, 0) is 11.8 Å². The maximum atomic E-state index is 13.7. The number of esters is 1. The van der Waals surface area contributed by atoms with Gasteiger partial charge >= 0.3 is 5.97 Å². The molecular formula is C17H15BrFN3O3. The first-order valence-corrected chi connectivity index (χ1v) is 8.24. The summed E-state index contributed by atoms with van der Waals surface area (Å²) in [5, 5.41) is 4.98. The molecule has 130 valence electrons. The Morgan fingerprint density at radius 2 is 2.08 bits per heavy atom. The molecule has 0 spiro atoms. The Labute approximate surface area is 151 Å². The van der Waals surface area contributed by atoms with E-state index in [0.717, 1.165) is 16.6 Å². The Morgan fingerprint density at radius 1 is 1.32 bits per heavy atom. The number of hydrogen-bond donors (Lipinski definition) is 0. The molecule has 8 heteroatoms. The van der Waals surface area contributed by atoms with E-state index in [9.17, 15) is 9.18 Å². The molecule has 6 nitrogen and oxygen atoms in total. The first-order chi connectivity index (χ1) is 11.8. The fraction of sp³-hybridized carbons (Fsp3) is 0.235. The molecule has 0 saturated heterocycles. The van der Waals surface area contributed by atoms with Crippen LogP contribution < -0.4 is 9.47 Å². The molecule has 0 fully saturated rings. The van der Waals surface area contributed by atoms with Crippen molar-refractivity contribution in [2.24, 2.45) is 7.05 Å². The van der Waals surface area contributed by atoms with E-state index in [1.54, 1.807) is 17.8 Å². The first kappa shape index (κ1) is 17.3. The van der Waals surface area contributed by atoms with Gasteiger partial charge in [0.25, 0.3) is 0 Å². The van der Waals surface area contributed by atoms with Gasteiger partial charge in [-0.2, -0.15) is 0 Å². The van der Waals surface area contributed by atoms with Gasteiger partial charge in [-0.05, 0) is 43.7 Å². The van der Waals surface area contributed by atoms with Crippen LogP contribution in [0.5, 0.6) is 11.6 Å². The number of hydrogen-bond acceptors (Lipinski definition) is 5. The maximum absolute atomic E-state index is 13.7. The lowest BCUT2D eigenvalue weighted by Crippen LogP contribution is -2.18. The lowest BCUT2D eigenvalue weighted by molar-refractivity contribution is -0.136. The second kappa shape index (κ2) is 6.79. The lowest BCUT2D eigenvalue weighted by Gasteiger charge is -2.07. The van der Waals surface area contributed by atoms with Crippen LogP contribution in [0, 0.1) is 19.7 Å². The number of carbonyl (C=O) groups excluding carboxylic acids is 1. The van der Waals surface area contributed by atoms with Crippen molar-refractivity contribution in [1.82, 2.24) is 14.8 Å². The highest BCUT2D eigenvalue weighted by Gasteiger charge is 2.17. The minimum atomic E-state index is -0.724. The quantitative estimate of drug-likeness (QED) is 0.489. The molecule has 0 aliphatic carbocycles. The maximum Gasteiger partial charge on any atom is 0.349 e. The van der Waals surface area contributed by atoms with Crippen LogP contribution in [0.25, 0.3) is 11.0 Å². The molecular weight excluding hydrogens is 393 g/mol. The monoisotopic (exact) mass is 407 g/mol. The van der Waals surface area contributed by atoms with Gasteiger partial charge in [-0.15, -0.1) is 5.10 Å². The van der Waals surface area contributed by atoms with Crippen molar-refractivity contribution in [2.45, 2.75) is 13.8 Å². The average molecular weight is 408 g/mol. The topological polar surface area (TPSA) is 66.2 Å². The van der Waals surface area contributed by atoms with E-state index in [-0.39, 0.29) is 11.6 Å². The second-order valence-electron chi connectivity index (χ2n) is 5.55. The highest BCUT2D eigenvalue weighted by Crippen LogP contribution is 2.27. The number of pyridine rings is 1. The fourth-order valence-electron chi connectivity index (χ4n) is 2.49. The predicted molar refractivity (Wildman–Crippen MR) is 93.2 cm³/mol. The molecule has 3 aromatic rings. The molecule has 25 heavy (non-hydrogen) atoms. The van der Waals surface area contributed by atoms with Gasteiger partial charge in [0.15, 0.2) is 23.8 Å². The van der Waals surface area contributed by atoms with Crippen molar-refractivity contribution in [3.63, 3.8) is 0 Å². The SMILES string of the molecule is Cc1cc(C)c2c(OCC(=O)Oc3ccc(Br)cc3F)nn(C)c2n1. The predicted octanol–water partition coefficient (Wildman–Crippen LogP) is 3.47. The third kappa shape index (κ3) is 3.63.